The zero-order chi connectivity index (χ0) is 33.6. The Morgan fingerprint density at radius 2 is 0.617 bits per heavy atom. The minimum atomic E-state index is -3.26. The molecule has 5 aromatic rings. The first-order chi connectivity index (χ1) is 22.4. The summed E-state index contributed by atoms with van der Waals surface area (Å²) in [7, 11) is -14.4. The fourth-order valence-electron chi connectivity index (χ4n) is 6.32. The number of hydrogen-bond acceptors (Lipinski definition) is 4. The highest BCUT2D eigenvalue weighted by Crippen LogP contribution is 2.28. The van der Waals surface area contributed by atoms with Crippen molar-refractivity contribution in [2.75, 3.05) is 0 Å². The molecule has 0 aliphatic heterocycles. The molecule has 0 saturated carbocycles. The van der Waals surface area contributed by atoms with E-state index in [2.05, 4.69) is 198 Å². The summed E-state index contributed by atoms with van der Waals surface area (Å²) < 4.78 is 30.3. The van der Waals surface area contributed by atoms with Gasteiger partial charge in [0.15, 0.2) is 0 Å². The average molecular weight is 709 g/mol. The zero-order valence-electron chi connectivity index (χ0n) is 28.8. The summed E-state index contributed by atoms with van der Waals surface area (Å²) in [6.07, 6.45) is 0. The molecule has 47 heavy (non-hydrogen) atoms. The Labute approximate surface area is 287 Å². The topological polar surface area (TPSA) is 36.9 Å². The molecule has 0 aliphatic rings. The number of hydrogen-bond donors (Lipinski definition) is 0. The van der Waals surface area contributed by atoms with Crippen molar-refractivity contribution in [2.24, 2.45) is 0 Å². The van der Waals surface area contributed by atoms with E-state index in [0.717, 1.165) is 21.6 Å². The molecule has 5 aromatic carbocycles. The van der Waals surface area contributed by atoms with Gasteiger partial charge in [-0.3, -0.25) is 0 Å². The Hall–Kier alpha value is -2.98. The van der Waals surface area contributed by atoms with Crippen molar-refractivity contribution in [1.82, 2.24) is 0 Å². The van der Waals surface area contributed by atoms with Crippen LogP contribution in [0.3, 0.4) is 0 Å². The van der Waals surface area contributed by atoms with Crippen molar-refractivity contribution >= 4 is 68.3 Å². The number of benzene rings is 5. The molecule has 4 nitrogen and oxygen atoms in total. The number of rotatable bonds is 14. The second-order valence-electron chi connectivity index (χ2n) is 13.2. The van der Waals surface area contributed by atoms with Crippen molar-refractivity contribution in [3.05, 3.63) is 152 Å². The van der Waals surface area contributed by atoms with Gasteiger partial charge < -0.3 is 16.5 Å². The molecular weight excluding hydrogens is 661 g/mol. The lowest BCUT2D eigenvalue weighted by Gasteiger charge is -2.46. The van der Waals surface area contributed by atoms with Gasteiger partial charge in [0, 0.05) is 0 Å². The third-order valence-corrected chi connectivity index (χ3v) is 31.0. The monoisotopic (exact) mass is 708 g/mol. The third kappa shape index (κ3) is 8.19. The van der Waals surface area contributed by atoms with Crippen LogP contribution in [0.25, 0.3) is 0 Å². The Morgan fingerprint density at radius 1 is 0.340 bits per heavy atom. The second kappa shape index (κ2) is 14.6. The Balaban J connectivity index is 1.65. The van der Waals surface area contributed by atoms with Gasteiger partial charge in [-0.25, -0.2) is 0 Å². The highest BCUT2D eigenvalue weighted by molar-refractivity contribution is 7.03. The molecule has 4 atom stereocenters. The molecule has 5 rings (SSSR count). The maximum atomic E-state index is 7.69. The second-order valence-corrected chi connectivity index (χ2v) is 31.2. The van der Waals surface area contributed by atoms with E-state index in [1.807, 2.05) is 0 Å². The molecule has 0 saturated heterocycles. The van der Waals surface area contributed by atoms with Gasteiger partial charge in [-0.05, 0) is 71.3 Å². The van der Waals surface area contributed by atoms with Crippen LogP contribution in [-0.2, 0) is 16.5 Å². The third-order valence-electron chi connectivity index (χ3n) is 9.07. The minimum absolute atomic E-state index is 0.927. The van der Waals surface area contributed by atoms with Crippen molar-refractivity contribution in [1.29, 1.82) is 0 Å². The van der Waals surface area contributed by atoms with E-state index in [1.54, 1.807) is 0 Å². The van der Waals surface area contributed by atoms with E-state index in [9.17, 15) is 0 Å². The van der Waals surface area contributed by atoms with Crippen LogP contribution in [0.4, 0.5) is 0 Å². The molecule has 0 aliphatic carbocycles. The van der Waals surface area contributed by atoms with E-state index in [4.69, 9.17) is 16.5 Å². The summed E-state index contributed by atoms with van der Waals surface area (Å²) in [5.74, 6) is 0. The largest absolute Gasteiger partial charge is 0.429 e. The first kappa shape index (κ1) is 35.3. The zero-order valence-corrected chi connectivity index (χ0v) is 33.8. The van der Waals surface area contributed by atoms with E-state index in [-0.39, 0.29) is 0 Å². The summed E-state index contributed by atoms with van der Waals surface area (Å²) in [4.78, 5) is 0. The van der Waals surface area contributed by atoms with E-state index >= 15 is 0 Å². The van der Waals surface area contributed by atoms with E-state index in [0.29, 0.717) is 0 Å². The fourth-order valence-corrected chi connectivity index (χ4v) is 30.3. The SMILES string of the molecule is CC[Si](C)(O[Si](C)(O[Si](C)(O[Si](C)(O[Si](C)(C)c1ccccc1)c1ccccc1)c1ccccc1)c1ccccc1)c1ccccc1. The first-order valence-electron chi connectivity index (χ1n) is 16.5. The highest BCUT2D eigenvalue weighted by Gasteiger charge is 2.54. The standard InChI is InChI=1S/C38H48O4Si5/c1-8-44(4,35-26-16-10-17-27-35)40-46(6,37-30-20-12-21-31-37)42-47(7,38-32-22-13-23-33-38)41-45(5,36-28-18-11-19-29-36)39-43(2,3)34-24-14-9-15-25-34/h9-33H,8H2,1-7H3. The lowest BCUT2D eigenvalue weighted by atomic mass is 10.4. The normalized spacial score (nSPS) is 17.1. The molecule has 0 spiro atoms. The van der Waals surface area contributed by atoms with Gasteiger partial charge in [0.25, 0.3) is 0 Å². The van der Waals surface area contributed by atoms with Crippen LogP contribution in [0.15, 0.2) is 152 Å². The van der Waals surface area contributed by atoms with Crippen molar-refractivity contribution in [3.8, 4) is 0 Å². The Morgan fingerprint density at radius 3 is 0.957 bits per heavy atom. The molecule has 0 aromatic heterocycles. The average Bonchev–Trinajstić information content (AvgIpc) is 3.10. The molecule has 0 heterocycles. The van der Waals surface area contributed by atoms with Crippen LogP contribution in [0.2, 0.25) is 45.3 Å². The van der Waals surface area contributed by atoms with Crippen LogP contribution < -0.4 is 25.9 Å². The van der Waals surface area contributed by atoms with Gasteiger partial charge in [0.2, 0.25) is 16.6 Å². The molecule has 0 amide bonds. The molecule has 0 bridgehead atoms. The lowest BCUT2D eigenvalue weighted by Crippen LogP contribution is -2.72. The van der Waals surface area contributed by atoms with Crippen LogP contribution in [0.5, 0.6) is 0 Å². The van der Waals surface area contributed by atoms with Gasteiger partial charge in [-0.15, -0.1) is 0 Å². The molecule has 9 heteroatoms. The van der Waals surface area contributed by atoms with Crippen molar-refractivity contribution in [3.63, 3.8) is 0 Å². The molecule has 4 unspecified atom stereocenters. The van der Waals surface area contributed by atoms with E-state index in [1.165, 1.54) is 10.4 Å². The maximum Gasteiger partial charge on any atom is 0.352 e. The van der Waals surface area contributed by atoms with Gasteiger partial charge in [0.1, 0.15) is 0 Å². The molecule has 0 N–H and O–H groups in total. The predicted octanol–water partition coefficient (Wildman–Crippen LogP) is 6.61. The fraction of sp³-hybridized carbons (Fsp3) is 0.211. The Kier molecular flexibility index (Phi) is 11.0. The molecule has 0 fully saturated rings. The molecular formula is C38H48O4Si5. The van der Waals surface area contributed by atoms with Crippen LogP contribution in [-0.4, -0.2) is 42.3 Å². The Bertz CT molecular complexity index is 1700. The summed E-state index contributed by atoms with van der Waals surface area (Å²) >= 11 is 0. The van der Waals surface area contributed by atoms with Crippen LogP contribution in [0.1, 0.15) is 6.92 Å². The van der Waals surface area contributed by atoms with Crippen molar-refractivity contribution < 1.29 is 16.5 Å². The first-order valence-corrected chi connectivity index (χ1v) is 29.0. The minimum Gasteiger partial charge on any atom is -0.429 e. The summed E-state index contributed by atoms with van der Waals surface area (Å²) in [6, 6.07) is 53.8. The van der Waals surface area contributed by atoms with E-state index < -0.39 is 42.3 Å². The smallest absolute Gasteiger partial charge is 0.352 e. The molecule has 0 radical (unpaired) electrons. The summed E-state index contributed by atoms with van der Waals surface area (Å²) in [5, 5.41) is 5.77. The molecule has 244 valence electrons. The van der Waals surface area contributed by atoms with Gasteiger partial charge in [0.05, 0.1) is 0 Å². The lowest BCUT2D eigenvalue weighted by molar-refractivity contribution is 0.314. The van der Waals surface area contributed by atoms with Crippen LogP contribution in [0, 0.1) is 0 Å². The summed E-state index contributed by atoms with van der Waals surface area (Å²) in [6.45, 7) is 15.7. The van der Waals surface area contributed by atoms with Gasteiger partial charge in [-0.1, -0.05) is 159 Å². The summed E-state index contributed by atoms with van der Waals surface area (Å²) in [5.41, 5.74) is 0. The van der Waals surface area contributed by atoms with Gasteiger partial charge >= 0.3 is 25.7 Å². The quantitative estimate of drug-likeness (QED) is 0.122. The van der Waals surface area contributed by atoms with Crippen molar-refractivity contribution in [2.45, 2.75) is 52.2 Å². The van der Waals surface area contributed by atoms with Gasteiger partial charge in [-0.2, -0.15) is 0 Å². The maximum absolute atomic E-state index is 7.69. The predicted molar refractivity (Wildman–Crippen MR) is 209 cm³/mol. The van der Waals surface area contributed by atoms with Crippen LogP contribution >= 0.6 is 0 Å². The highest BCUT2D eigenvalue weighted by atomic mass is 28.5.